The van der Waals surface area contributed by atoms with Crippen LogP contribution in [0.1, 0.15) is 143 Å². The number of nitrogens with two attached hydrogens (primary N) is 1. The summed E-state index contributed by atoms with van der Waals surface area (Å²) in [6.07, 6.45) is -7.04. The maximum atomic E-state index is 11.0. The zero-order valence-electron chi connectivity index (χ0n) is 29.6. The van der Waals surface area contributed by atoms with Crippen molar-refractivity contribution in [1.29, 1.82) is 0 Å². The van der Waals surface area contributed by atoms with Gasteiger partial charge in [0.05, 0.1) is 24.4 Å². The van der Waals surface area contributed by atoms with Crippen LogP contribution in [0.3, 0.4) is 0 Å². The number of benzene rings is 2. The molecule has 5 nitrogen and oxygen atoms in total. The fourth-order valence-electron chi connectivity index (χ4n) is 6.01. The summed E-state index contributed by atoms with van der Waals surface area (Å²) >= 11 is 0. The van der Waals surface area contributed by atoms with Crippen molar-refractivity contribution in [3.63, 3.8) is 0 Å². The van der Waals surface area contributed by atoms with E-state index in [0.29, 0.717) is 35.9 Å². The molecule has 2 saturated carbocycles. The zero-order valence-corrected chi connectivity index (χ0v) is 29.6. The van der Waals surface area contributed by atoms with Gasteiger partial charge in [-0.1, -0.05) is 91.8 Å². The molecule has 278 valence electrons. The lowest BCUT2D eigenvalue weighted by molar-refractivity contribution is -0.308. The number of halogens is 6. The molecule has 0 amide bonds. The van der Waals surface area contributed by atoms with Crippen LogP contribution in [0.25, 0.3) is 0 Å². The lowest BCUT2D eigenvalue weighted by Crippen LogP contribution is -2.41. The molecular formula is C37H60F6N2O3. The fraction of sp³-hybridized carbons (Fsp3) is 0.676. The second kappa shape index (κ2) is 17.9. The van der Waals surface area contributed by atoms with Crippen LogP contribution < -0.4 is 11.1 Å². The van der Waals surface area contributed by atoms with Gasteiger partial charge in [-0.2, -0.15) is 26.3 Å². The van der Waals surface area contributed by atoms with Crippen molar-refractivity contribution in [3.05, 3.63) is 58.7 Å². The van der Waals surface area contributed by atoms with Crippen molar-refractivity contribution in [2.75, 3.05) is 11.1 Å². The van der Waals surface area contributed by atoms with E-state index in [1.165, 1.54) is 47.2 Å². The van der Waals surface area contributed by atoms with Gasteiger partial charge in [0.1, 0.15) is 0 Å². The molecular weight excluding hydrogens is 634 g/mol. The molecule has 5 N–H and O–H groups in total. The highest BCUT2D eigenvalue weighted by atomic mass is 19.4. The number of fused-ring (bicyclic) bond motifs is 1. The molecule has 2 aromatic carbocycles. The maximum Gasteiger partial charge on any atom is 0.423 e. The number of aliphatic hydroxyl groups is 2. The van der Waals surface area contributed by atoms with E-state index in [2.05, 4.69) is 97.1 Å². The summed E-state index contributed by atoms with van der Waals surface area (Å²) in [6, 6.07) is 13.1. The Kier molecular flexibility index (Phi) is 15.6. The zero-order chi connectivity index (χ0) is 36.6. The van der Waals surface area contributed by atoms with E-state index in [4.69, 9.17) is 15.6 Å². The first-order valence-electron chi connectivity index (χ1n) is 17.1. The highest BCUT2D eigenvalue weighted by Gasteiger charge is 2.55. The molecule has 0 spiro atoms. The number of nitrogens with one attached hydrogen (secondary N) is 1. The van der Waals surface area contributed by atoms with Gasteiger partial charge in [0.2, 0.25) is 6.10 Å². The molecule has 1 heterocycles. The smallest absolute Gasteiger partial charge is 0.398 e. The molecule has 0 bridgehead atoms. The normalized spacial score (nSPS) is 21.8. The van der Waals surface area contributed by atoms with Crippen molar-refractivity contribution in [3.8, 4) is 0 Å². The molecule has 3 aliphatic rings. The minimum atomic E-state index is -5.63. The summed E-state index contributed by atoms with van der Waals surface area (Å²) in [4.78, 5) is 0. The van der Waals surface area contributed by atoms with Gasteiger partial charge < -0.3 is 26.0 Å². The number of rotatable bonds is 6. The summed E-state index contributed by atoms with van der Waals surface area (Å²) < 4.78 is 71.0. The minimum absolute atomic E-state index is 0. The first kappa shape index (κ1) is 41.7. The van der Waals surface area contributed by atoms with Crippen LogP contribution in [-0.4, -0.2) is 53.0 Å². The first-order valence-corrected chi connectivity index (χ1v) is 17.1. The minimum Gasteiger partial charge on any atom is -0.398 e. The summed E-state index contributed by atoms with van der Waals surface area (Å²) in [5.74, 6) is 2.02. The number of anilines is 2. The fourth-order valence-corrected chi connectivity index (χ4v) is 6.01. The Morgan fingerprint density at radius 2 is 1.06 bits per heavy atom. The highest BCUT2D eigenvalue weighted by Crippen LogP contribution is 2.38. The topological polar surface area (TPSA) is 91.0 Å². The molecule has 2 unspecified atom stereocenters. The third kappa shape index (κ3) is 12.4. The molecule has 1 saturated heterocycles. The van der Waals surface area contributed by atoms with Crippen LogP contribution in [0.2, 0.25) is 0 Å². The molecule has 4 atom stereocenters. The average molecular weight is 695 g/mol. The van der Waals surface area contributed by atoms with Gasteiger partial charge in [-0.25, -0.2) is 0 Å². The predicted octanol–water partition coefficient (Wildman–Crippen LogP) is 10.7. The van der Waals surface area contributed by atoms with E-state index in [-0.39, 0.29) is 15.0 Å². The molecule has 0 radical (unpaired) electrons. The van der Waals surface area contributed by atoms with Crippen molar-refractivity contribution >= 4 is 11.4 Å². The Labute approximate surface area is 285 Å². The number of alkyl halides is 6. The Morgan fingerprint density at radius 1 is 0.688 bits per heavy atom. The number of hydrogen-bond acceptors (Lipinski definition) is 5. The molecule has 3 fully saturated rings. The van der Waals surface area contributed by atoms with Gasteiger partial charge in [0.25, 0.3) is 0 Å². The quantitative estimate of drug-likeness (QED) is 0.137. The second-order valence-corrected chi connectivity index (χ2v) is 14.2. The van der Waals surface area contributed by atoms with Gasteiger partial charge in [-0.15, -0.1) is 0 Å². The number of para-hydroxylation sites is 2. The Balaban J connectivity index is 0.000000676. The van der Waals surface area contributed by atoms with Gasteiger partial charge in [-0.3, -0.25) is 0 Å². The average Bonchev–Trinajstić information content (AvgIpc) is 3.36. The Hall–Kier alpha value is -2.50. The molecule has 48 heavy (non-hydrogen) atoms. The molecule has 0 aromatic heterocycles. The van der Waals surface area contributed by atoms with Gasteiger partial charge in [0, 0.05) is 14.2 Å². The number of ether oxygens (including phenoxy) is 1. The van der Waals surface area contributed by atoms with Crippen LogP contribution in [-0.2, 0) is 4.74 Å². The SMILES string of the molecule is C1CC2OC2C1.CC(C)c1cccc(C(C)C)c1N.CC(C)c1cccc(C(C)C)c1N[C@H]1CCC[C@@H]1O.OC(C(F)(F)F)C(F)(F)F.[HH].[HH]. The lowest BCUT2D eigenvalue weighted by atomic mass is 9.92. The molecule has 11 heteroatoms. The number of epoxide rings is 1. The lowest BCUT2D eigenvalue weighted by Gasteiger charge is -2.25. The van der Waals surface area contributed by atoms with Gasteiger partial charge in [0.15, 0.2) is 0 Å². The van der Waals surface area contributed by atoms with E-state index in [1.807, 2.05) is 0 Å². The van der Waals surface area contributed by atoms with E-state index in [9.17, 15) is 31.4 Å². The largest absolute Gasteiger partial charge is 0.423 e. The monoisotopic (exact) mass is 694 g/mol. The predicted molar refractivity (Wildman–Crippen MR) is 186 cm³/mol. The summed E-state index contributed by atoms with van der Waals surface area (Å²) in [6.45, 7) is 17.6. The van der Waals surface area contributed by atoms with Gasteiger partial charge in [-0.05, 0) is 84.5 Å². The Bertz CT molecular complexity index is 1200. The van der Waals surface area contributed by atoms with Crippen molar-refractivity contribution in [2.45, 2.75) is 160 Å². The van der Waals surface area contributed by atoms with Crippen molar-refractivity contribution in [2.24, 2.45) is 0 Å². The molecule has 2 aliphatic carbocycles. The molecule has 1 aliphatic heterocycles. The van der Waals surface area contributed by atoms with Crippen molar-refractivity contribution < 1.29 is 44.1 Å². The molecule has 5 rings (SSSR count). The third-order valence-electron chi connectivity index (χ3n) is 8.88. The summed E-state index contributed by atoms with van der Waals surface area (Å²) in [7, 11) is 0. The van der Waals surface area contributed by atoms with Crippen LogP contribution in [0.15, 0.2) is 36.4 Å². The number of nitrogen functional groups attached to an aromatic ring is 1. The highest BCUT2D eigenvalue weighted by molar-refractivity contribution is 5.61. The molecule has 2 aromatic rings. The second-order valence-electron chi connectivity index (χ2n) is 14.2. The summed E-state index contributed by atoms with van der Waals surface area (Å²) in [5.41, 5.74) is 13.6. The van der Waals surface area contributed by atoms with Crippen LogP contribution in [0.5, 0.6) is 0 Å². The Morgan fingerprint density at radius 3 is 1.31 bits per heavy atom. The third-order valence-corrected chi connectivity index (χ3v) is 8.88. The van der Waals surface area contributed by atoms with Crippen molar-refractivity contribution in [1.82, 2.24) is 0 Å². The van der Waals surface area contributed by atoms with Crippen LogP contribution >= 0.6 is 0 Å². The van der Waals surface area contributed by atoms with E-state index in [1.54, 1.807) is 0 Å². The van der Waals surface area contributed by atoms with E-state index in [0.717, 1.165) is 24.9 Å². The first-order chi connectivity index (χ1) is 22.2. The van der Waals surface area contributed by atoms with Gasteiger partial charge >= 0.3 is 12.4 Å². The van der Waals surface area contributed by atoms with E-state index >= 15 is 0 Å². The van der Waals surface area contributed by atoms with E-state index < -0.39 is 18.5 Å². The van der Waals surface area contributed by atoms with Crippen LogP contribution in [0.4, 0.5) is 37.7 Å². The standard InChI is InChI=1S/C17H27NO.C12H19N.C5H8O.C3H2F6O.2H2/c1-11(2)13-7-5-8-14(12(3)4)17(13)18-15-9-6-10-16(15)19;1-8(2)10-6-5-7-11(9(3)4)12(10)13;1-2-4-5(3-1)6-4;4-2(5,6)1(10)3(7,8)9;;/h5,7-8,11-12,15-16,18-19H,6,9-10H2,1-4H3;5-9H,13H2,1-4H3;4-5H,1-3H2;1,10H;2*1H/t15-,16-;;;;;/m0...../s1. The maximum absolute atomic E-state index is 11.0. The number of aliphatic hydroxyl groups excluding tert-OH is 2. The van der Waals surface area contributed by atoms with Crippen LogP contribution in [0, 0.1) is 0 Å². The summed E-state index contributed by atoms with van der Waals surface area (Å²) in [5, 5.41) is 21.2. The number of hydrogen-bond donors (Lipinski definition) is 4.